The molecule has 3 atom stereocenters. The molecule has 2 rings (SSSR count). The maximum Gasteiger partial charge on any atom is 0.334 e. The molecule has 1 saturated heterocycles. The summed E-state index contributed by atoms with van der Waals surface area (Å²) in [6.07, 6.45) is 5.63. The molecule has 0 amide bonds. The Kier molecular flexibility index (Phi) is 6.94. The number of carbonyl (C=O) groups excluding carboxylic acids is 2. The van der Waals surface area contributed by atoms with Crippen molar-refractivity contribution in [2.45, 2.75) is 45.3 Å². The molecule has 26 heavy (non-hydrogen) atoms. The molecule has 6 nitrogen and oxygen atoms in total. The third-order valence-electron chi connectivity index (χ3n) is 4.69. The maximum atomic E-state index is 11.9. The Morgan fingerprint density at radius 2 is 2.23 bits per heavy atom. The van der Waals surface area contributed by atoms with Gasteiger partial charge in [0.15, 0.2) is 0 Å². The number of hydrogen-bond donors (Lipinski definition) is 2. The molecule has 1 aliphatic carbocycles. The fraction of sp³-hybridized carbons (Fsp3) is 0.500. The summed E-state index contributed by atoms with van der Waals surface area (Å²) >= 11 is 0. The van der Waals surface area contributed by atoms with E-state index in [0.717, 1.165) is 17.6 Å². The van der Waals surface area contributed by atoms with Gasteiger partial charge in [-0.05, 0) is 38.3 Å². The van der Waals surface area contributed by atoms with Crippen molar-refractivity contribution < 1.29 is 29.3 Å². The van der Waals surface area contributed by atoms with Crippen LogP contribution in [-0.4, -0.2) is 47.6 Å². The van der Waals surface area contributed by atoms with Crippen LogP contribution in [0, 0.1) is 5.92 Å². The van der Waals surface area contributed by atoms with Gasteiger partial charge in [-0.1, -0.05) is 24.3 Å². The molecule has 1 fully saturated rings. The van der Waals surface area contributed by atoms with Crippen molar-refractivity contribution in [3.63, 3.8) is 0 Å². The zero-order chi connectivity index (χ0) is 19.3. The van der Waals surface area contributed by atoms with E-state index < -0.39 is 30.1 Å². The number of fused-ring (bicyclic) bond motifs is 1. The molecule has 1 aliphatic heterocycles. The van der Waals surface area contributed by atoms with E-state index in [9.17, 15) is 14.7 Å². The van der Waals surface area contributed by atoms with E-state index in [1.807, 2.05) is 6.92 Å². The maximum absolute atomic E-state index is 11.9. The summed E-state index contributed by atoms with van der Waals surface area (Å²) < 4.78 is 10.6. The molecule has 2 N–H and O–H groups in total. The van der Waals surface area contributed by atoms with Crippen LogP contribution in [0.5, 0.6) is 0 Å². The molecular formula is C20H26O6. The lowest BCUT2D eigenvalue weighted by molar-refractivity contribution is -0.139. The SMILES string of the molecule is C=C1C(=O)O[C@H]2C/C(C)=C/CC/C(COC(=O)/C(C)=C/CO)=C/[C@@H](O)[C@H]12. The third kappa shape index (κ3) is 4.93. The van der Waals surface area contributed by atoms with Gasteiger partial charge < -0.3 is 19.7 Å². The van der Waals surface area contributed by atoms with E-state index in [0.29, 0.717) is 18.4 Å². The lowest BCUT2D eigenvalue weighted by Crippen LogP contribution is -2.29. The Bertz CT molecular complexity index is 670. The van der Waals surface area contributed by atoms with Crippen LogP contribution in [-0.2, 0) is 19.1 Å². The molecule has 142 valence electrons. The van der Waals surface area contributed by atoms with Crippen molar-refractivity contribution in [1.82, 2.24) is 0 Å². The second kappa shape index (κ2) is 8.96. The summed E-state index contributed by atoms with van der Waals surface area (Å²) in [5.41, 5.74) is 2.44. The molecular weight excluding hydrogens is 336 g/mol. The molecule has 0 bridgehead atoms. The highest BCUT2D eigenvalue weighted by molar-refractivity contribution is 5.91. The lowest BCUT2D eigenvalue weighted by atomic mass is 9.86. The molecule has 0 saturated carbocycles. The monoisotopic (exact) mass is 362 g/mol. The number of allylic oxidation sites excluding steroid dienone is 1. The highest BCUT2D eigenvalue weighted by Gasteiger charge is 2.42. The number of hydrogen-bond acceptors (Lipinski definition) is 6. The van der Waals surface area contributed by atoms with E-state index in [4.69, 9.17) is 14.6 Å². The first-order valence-corrected chi connectivity index (χ1v) is 8.71. The largest absolute Gasteiger partial charge is 0.458 e. The average Bonchev–Trinajstić information content (AvgIpc) is 2.85. The van der Waals surface area contributed by atoms with E-state index in [2.05, 4.69) is 12.7 Å². The molecule has 0 aromatic carbocycles. The normalized spacial score (nSPS) is 31.2. The summed E-state index contributed by atoms with van der Waals surface area (Å²) in [4.78, 5) is 23.7. The van der Waals surface area contributed by atoms with Crippen LogP contribution >= 0.6 is 0 Å². The Labute approximate surface area is 153 Å². The van der Waals surface area contributed by atoms with Crippen molar-refractivity contribution >= 4 is 11.9 Å². The molecule has 6 heteroatoms. The quantitative estimate of drug-likeness (QED) is 0.451. The van der Waals surface area contributed by atoms with Gasteiger partial charge in [-0.3, -0.25) is 0 Å². The van der Waals surface area contributed by atoms with Gasteiger partial charge in [-0.2, -0.15) is 0 Å². The molecule has 1 heterocycles. The Morgan fingerprint density at radius 3 is 2.92 bits per heavy atom. The van der Waals surface area contributed by atoms with Crippen LogP contribution in [0.25, 0.3) is 0 Å². The minimum Gasteiger partial charge on any atom is -0.458 e. The summed E-state index contributed by atoms with van der Waals surface area (Å²) in [5, 5.41) is 19.5. The van der Waals surface area contributed by atoms with E-state index in [1.54, 1.807) is 13.0 Å². The summed E-state index contributed by atoms with van der Waals surface area (Å²) in [6.45, 7) is 7.11. The van der Waals surface area contributed by atoms with E-state index in [1.165, 1.54) is 6.08 Å². The predicted octanol–water partition coefficient (Wildman–Crippen LogP) is 1.98. The standard InChI is InChI=1S/C20H26O6/c1-12-5-4-6-15(11-25-19(23)13(2)7-8-21)10-16(22)18-14(3)20(24)26-17(18)9-12/h5,7,10,16-18,21-22H,3-4,6,8-9,11H2,1-2H3/b12-5+,13-7+,15-10-/t16-,17+,18+/m1/s1. The second-order valence-electron chi connectivity index (χ2n) is 6.75. The van der Waals surface area contributed by atoms with Crippen LogP contribution in [0.4, 0.5) is 0 Å². The lowest BCUT2D eigenvalue weighted by Gasteiger charge is -2.23. The number of esters is 2. The number of ether oxygens (including phenoxy) is 2. The number of aliphatic hydroxyl groups excluding tert-OH is 2. The van der Waals surface area contributed by atoms with E-state index >= 15 is 0 Å². The van der Waals surface area contributed by atoms with Crippen LogP contribution in [0.1, 0.15) is 33.1 Å². The topological polar surface area (TPSA) is 93.1 Å². The van der Waals surface area contributed by atoms with Crippen molar-refractivity contribution in [3.05, 3.63) is 47.1 Å². The van der Waals surface area contributed by atoms with Crippen LogP contribution in [0.2, 0.25) is 0 Å². The van der Waals surface area contributed by atoms with Gasteiger partial charge >= 0.3 is 11.9 Å². The van der Waals surface area contributed by atoms with Crippen molar-refractivity contribution in [3.8, 4) is 0 Å². The Morgan fingerprint density at radius 1 is 1.50 bits per heavy atom. The number of carbonyl (C=O) groups is 2. The summed E-state index contributed by atoms with van der Waals surface area (Å²) in [5.74, 6) is -1.50. The third-order valence-corrected chi connectivity index (χ3v) is 4.69. The van der Waals surface area contributed by atoms with Gasteiger partial charge in [-0.25, -0.2) is 9.59 Å². The van der Waals surface area contributed by atoms with E-state index in [-0.39, 0.29) is 18.8 Å². The molecule has 2 aliphatic rings. The Hall–Kier alpha value is -2.18. The summed E-state index contributed by atoms with van der Waals surface area (Å²) in [6, 6.07) is 0. The molecule has 0 spiro atoms. The van der Waals surface area contributed by atoms with Gasteiger partial charge in [0.05, 0.1) is 18.6 Å². The first-order chi connectivity index (χ1) is 12.3. The molecule has 0 unspecified atom stereocenters. The minimum absolute atomic E-state index is 0.0397. The van der Waals surface area contributed by atoms with Gasteiger partial charge in [0.2, 0.25) is 0 Å². The van der Waals surface area contributed by atoms with Crippen molar-refractivity contribution in [1.29, 1.82) is 0 Å². The first kappa shape index (κ1) is 20.1. The van der Waals surface area contributed by atoms with Gasteiger partial charge in [0, 0.05) is 17.6 Å². The molecule has 0 aromatic rings. The van der Waals surface area contributed by atoms with Gasteiger partial charge in [0.25, 0.3) is 0 Å². The zero-order valence-electron chi connectivity index (χ0n) is 15.2. The van der Waals surface area contributed by atoms with Gasteiger partial charge in [-0.15, -0.1) is 0 Å². The molecule has 0 aromatic heterocycles. The van der Waals surface area contributed by atoms with Crippen molar-refractivity contribution in [2.75, 3.05) is 13.2 Å². The minimum atomic E-state index is -0.937. The fourth-order valence-corrected chi connectivity index (χ4v) is 3.19. The Balaban J connectivity index is 2.17. The summed E-state index contributed by atoms with van der Waals surface area (Å²) in [7, 11) is 0. The zero-order valence-corrected chi connectivity index (χ0v) is 15.2. The smallest absolute Gasteiger partial charge is 0.334 e. The fourth-order valence-electron chi connectivity index (χ4n) is 3.19. The number of rotatable bonds is 4. The first-order valence-electron chi connectivity index (χ1n) is 8.71. The highest BCUT2D eigenvalue weighted by atomic mass is 16.6. The molecule has 0 radical (unpaired) electrons. The number of aliphatic hydroxyl groups is 2. The van der Waals surface area contributed by atoms with Crippen LogP contribution in [0.15, 0.2) is 47.1 Å². The van der Waals surface area contributed by atoms with Crippen LogP contribution in [0.3, 0.4) is 0 Å². The predicted molar refractivity (Wildman–Crippen MR) is 96.0 cm³/mol. The second-order valence-corrected chi connectivity index (χ2v) is 6.75. The van der Waals surface area contributed by atoms with Crippen LogP contribution < -0.4 is 0 Å². The van der Waals surface area contributed by atoms with Crippen molar-refractivity contribution in [2.24, 2.45) is 5.92 Å². The average molecular weight is 362 g/mol. The highest BCUT2D eigenvalue weighted by Crippen LogP contribution is 2.35. The van der Waals surface area contributed by atoms with Gasteiger partial charge in [0.1, 0.15) is 12.7 Å².